The van der Waals surface area contributed by atoms with Gasteiger partial charge in [0.2, 0.25) is 11.2 Å². The van der Waals surface area contributed by atoms with E-state index in [1.165, 1.54) is 0 Å². The van der Waals surface area contributed by atoms with Crippen molar-refractivity contribution in [3.63, 3.8) is 0 Å². The Bertz CT molecular complexity index is 452. The number of fused-ring (bicyclic) bond motifs is 3. The fourth-order valence-electron chi connectivity index (χ4n) is 2.07. The van der Waals surface area contributed by atoms with Gasteiger partial charge in [0, 0.05) is 19.6 Å². The van der Waals surface area contributed by atoms with Gasteiger partial charge >= 0.3 is 0 Å². The molecule has 0 aromatic carbocycles. The molecular formula is C9H10ClN5O. The van der Waals surface area contributed by atoms with Crippen molar-refractivity contribution in [2.75, 3.05) is 29.9 Å². The number of amides is 1. The number of rotatable bonds is 0. The fraction of sp³-hybridized carbons (Fsp3) is 0.444. The zero-order valence-corrected chi connectivity index (χ0v) is 9.16. The summed E-state index contributed by atoms with van der Waals surface area (Å²) >= 11 is 5.77. The van der Waals surface area contributed by atoms with E-state index >= 15 is 0 Å². The third-order valence-electron chi connectivity index (χ3n) is 2.82. The monoisotopic (exact) mass is 239 g/mol. The SMILES string of the molecule is O=C1Nc2cnc(Cl)nc2N2CCNCC12. The van der Waals surface area contributed by atoms with Crippen LogP contribution in [-0.4, -0.2) is 41.6 Å². The van der Waals surface area contributed by atoms with E-state index in [9.17, 15) is 4.79 Å². The van der Waals surface area contributed by atoms with Crippen molar-refractivity contribution < 1.29 is 4.79 Å². The van der Waals surface area contributed by atoms with Crippen molar-refractivity contribution in [1.82, 2.24) is 15.3 Å². The highest BCUT2D eigenvalue weighted by atomic mass is 35.5. The van der Waals surface area contributed by atoms with E-state index in [2.05, 4.69) is 20.6 Å². The van der Waals surface area contributed by atoms with Gasteiger partial charge in [0.05, 0.1) is 6.20 Å². The summed E-state index contributed by atoms with van der Waals surface area (Å²) in [6.45, 7) is 2.22. The standard InChI is InChI=1S/C9H10ClN5O/c10-9-12-3-5-7(14-9)15-2-1-11-4-6(15)8(16)13-5/h3,6,11H,1-2,4H2,(H,13,16). The number of hydrogen-bond acceptors (Lipinski definition) is 5. The van der Waals surface area contributed by atoms with Gasteiger partial charge < -0.3 is 15.5 Å². The molecule has 0 radical (unpaired) electrons. The molecule has 2 N–H and O–H groups in total. The first-order valence-electron chi connectivity index (χ1n) is 5.06. The minimum absolute atomic E-state index is 0.0226. The average molecular weight is 240 g/mol. The molecule has 1 unspecified atom stereocenters. The Balaban J connectivity index is 2.07. The lowest BCUT2D eigenvalue weighted by Crippen LogP contribution is -2.59. The number of nitrogens with zero attached hydrogens (tertiary/aromatic N) is 3. The number of carbonyl (C=O) groups is 1. The molecule has 7 heteroatoms. The summed E-state index contributed by atoms with van der Waals surface area (Å²) < 4.78 is 0. The number of hydrogen-bond donors (Lipinski definition) is 2. The molecule has 1 aromatic heterocycles. The summed E-state index contributed by atoms with van der Waals surface area (Å²) in [5.41, 5.74) is 0.632. The molecule has 6 nitrogen and oxygen atoms in total. The minimum Gasteiger partial charge on any atom is -0.340 e. The van der Waals surface area contributed by atoms with Crippen LogP contribution in [0.2, 0.25) is 5.28 Å². The van der Waals surface area contributed by atoms with E-state index in [-0.39, 0.29) is 17.2 Å². The van der Waals surface area contributed by atoms with Crippen LogP contribution in [0.25, 0.3) is 0 Å². The van der Waals surface area contributed by atoms with E-state index in [4.69, 9.17) is 11.6 Å². The number of aromatic nitrogens is 2. The van der Waals surface area contributed by atoms with Crippen molar-refractivity contribution in [1.29, 1.82) is 0 Å². The molecule has 3 heterocycles. The largest absolute Gasteiger partial charge is 0.340 e. The molecule has 0 spiro atoms. The topological polar surface area (TPSA) is 70.2 Å². The number of piperazine rings is 1. The molecule has 0 aliphatic carbocycles. The molecule has 0 bridgehead atoms. The molecule has 0 saturated carbocycles. The van der Waals surface area contributed by atoms with Gasteiger partial charge in [-0.3, -0.25) is 4.79 Å². The van der Waals surface area contributed by atoms with Crippen molar-refractivity contribution in [3.8, 4) is 0 Å². The van der Waals surface area contributed by atoms with E-state index in [1.54, 1.807) is 6.20 Å². The zero-order valence-electron chi connectivity index (χ0n) is 8.40. The van der Waals surface area contributed by atoms with E-state index < -0.39 is 0 Å². The number of nitrogens with one attached hydrogen (secondary N) is 2. The molecule has 1 fully saturated rings. The predicted molar refractivity (Wildman–Crippen MR) is 59.7 cm³/mol. The van der Waals surface area contributed by atoms with Crippen LogP contribution in [0.1, 0.15) is 0 Å². The van der Waals surface area contributed by atoms with Crippen LogP contribution in [0.4, 0.5) is 11.5 Å². The second-order valence-corrected chi connectivity index (χ2v) is 4.12. The van der Waals surface area contributed by atoms with Gasteiger partial charge in [0.15, 0.2) is 5.82 Å². The number of anilines is 2. The van der Waals surface area contributed by atoms with Crippen LogP contribution in [0.15, 0.2) is 6.20 Å². The predicted octanol–water partition coefficient (Wildman–Crippen LogP) is -0.140. The summed E-state index contributed by atoms with van der Waals surface area (Å²) in [4.78, 5) is 21.8. The smallest absolute Gasteiger partial charge is 0.248 e. The van der Waals surface area contributed by atoms with E-state index in [0.29, 0.717) is 18.1 Å². The second-order valence-electron chi connectivity index (χ2n) is 3.78. The maximum atomic E-state index is 11.8. The van der Waals surface area contributed by atoms with Gasteiger partial charge in [-0.25, -0.2) is 4.98 Å². The molecule has 1 amide bonds. The van der Waals surface area contributed by atoms with Crippen LogP contribution in [0.3, 0.4) is 0 Å². The summed E-state index contributed by atoms with van der Waals surface area (Å²) in [5, 5.41) is 6.16. The molecule has 16 heavy (non-hydrogen) atoms. The molecule has 2 aliphatic rings. The summed E-state index contributed by atoms with van der Waals surface area (Å²) in [6.07, 6.45) is 1.54. The lowest BCUT2D eigenvalue weighted by atomic mass is 10.1. The summed E-state index contributed by atoms with van der Waals surface area (Å²) in [5.74, 6) is 0.691. The lowest BCUT2D eigenvalue weighted by Gasteiger charge is -2.39. The molecule has 1 aromatic rings. The Hall–Kier alpha value is -1.40. The Morgan fingerprint density at radius 1 is 1.56 bits per heavy atom. The second kappa shape index (κ2) is 3.57. The molecule has 3 rings (SSSR count). The van der Waals surface area contributed by atoms with Crippen molar-refractivity contribution in [2.45, 2.75) is 6.04 Å². The first-order chi connectivity index (χ1) is 7.75. The lowest BCUT2D eigenvalue weighted by molar-refractivity contribution is -0.117. The molecular weight excluding hydrogens is 230 g/mol. The quantitative estimate of drug-likeness (QED) is 0.617. The van der Waals surface area contributed by atoms with Crippen molar-refractivity contribution in [3.05, 3.63) is 11.5 Å². The zero-order chi connectivity index (χ0) is 11.1. The molecule has 1 atom stereocenters. The maximum Gasteiger partial charge on any atom is 0.248 e. The van der Waals surface area contributed by atoms with Gasteiger partial charge in [0.25, 0.3) is 0 Å². The molecule has 1 saturated heterocycles. The van der Waals surface area contributed by atoms with Crippen LogP contribution >= 0.6 is 11.6 Å². The van der Waals surface area contributed by atoms with Gasteiger partial charge in [-0.2, -0.15) is 4.98 Å². The number of halogens is 1. The number of carbonyl (C=O) groups excluding carboxylic acids is 1. The van der Waals surface area contributed by atoms with Gasteiger partial charge in [0.1, 0.15) is 11.7 Å². The van der Waals surface area contributed by atoms with Crippen LogP contribution in [0.5, 0.6) is 0 Å². The molecule has 2 aliphatic heterocycles. The summed E-state index contributed by atoms with van der Waals surface area (Å²) in [6, 6.07) is -0.202. The highest BCUT2D eigenvalue weighted by molar-refractivity contribution is 6.28. The third kappa shape index (κ3) is 1.42. The van der Waals surface area contributed by atoms with Crippen LogP contribution < -0.4 is 15.5 Å². The minimum atomic E-state index is -0.202. The normalized spacial score (nSPS) is 23.4. The Morgan fingerprint density at radius 3 is 3.31 bits per heavy atom. The first-order valence-corrected chi connectivity index (χ1v) is 5.44. The summed E-state index contributed by atoms with van der Waals surface area (Å²) in [7, 11) is 0. The highest BCUT2D eigenvalue weighted by Gasteiger charge is 2.35. The van der Waals surface area contributed by atoms with E-state index in [1.807, 2.05) is 4.90 Å². The average Bonchev–Trinajstić information content (AvgIpc) is 2.31. The van der Waals surface area contributed by atoms with Gasteiger partial charge in [-0.1, -0.05) is 0 Å². The third-order valence-corrected chi connectivity index (χ3v) is 3.00. The Labute approximate surface area is 97.0 Å². The van der Waals surface area contributed by atoms with Gasteiger partial charge in [-0.05, 0) is 11.6 Å². The fourth-order valence-corrected chi connectivity index (χ4v) is 2.20. The van der Waals surface area contributed by atoms with Gasteiger partial charge in [-0.15, -0.1) is 0 Å². The van der Waals surface area contributed by atoms with Crippen LogP contribution in [-0.2, 0) is 4.79 Å². The maximum absolute atomic E-state index is 11.8. The van der Waals surface area contributed by atoms with Crippen molar-refractivity contribution in [2.24, 2.45) is 0 Å². The van der Waals surface area contributed by atoms with Crippen molar-refractivity contribution >= 4 is 29.0 Å². The Kier molecular flexibility index (Phi) is 2.19. The van der Waals surface area contributed by atoms with Crippen LogP contribution in [0, 0.1) is 0 Å². The highest BCUT2D eigenvalue weighted by Crippen LogP contribution is 2.30. The molecule has 84 valence electrons. The van der Waals surface area contributed by atoms with E-state index in [0.717, 1.165) is 13.1 Å². The Morgan fingerprint density at radius 2 is 2.44 bits per heavy atom. The first kappa shape index (κ1) is 9.80.